The minimum absolute atomic E-state index is 0. The van der Waals surface area contributed by atoms with Gasteiger partial charge in [0.2, 0.25) is 0 Å². The summed E-state index contributed by atoms with van der Waals surface area (Å²) in [4.78, 5) is 0. The molecule has 0 aromatic heterocycles. The van der Waals surface area contributed by atoms with E-state index in [0.717, 1.165) is 0 Å². The Morgan fingerprint density at radius 2 is 1.00 bits per heavy atom. The zero-order valence-corrected chi connectivity index (χ0v) is 9.04. The Labute approximate surface area is 72.0 Å². The van der Waals surface area contributed by atoms with E-state index in [1.807, 2.05) is 0 Å². The molecule has 0 heterocycles. The van der Waals surface area contributed by atoms with Gasteiger partial charge >= 0.3 is 66.4 Å². The first-order valence-electron chi connectivity index (χ1n) is 0.567. The van der Waals surface area contributed by atoms with Crippen LogP contribution in [0, 0.1) is 38.1 Å². The van der Waals surface area contributed by atoms with Crippen molar-refractivity contribution in [2.45, 2.75) is 0 Å². The van der Waals surface area contributed by atoms with E-state index in [4.69, 9.17) is 16.9 Å². The molecular weight excluding hydrogens is 265 g/mol. The van der Waals surface area contributed by atoms with Gasteiger partial charge in [-0.2, -0.15) is 0 Å². The maximum atomic E-state index is 5.02. The minimum atomic E-state index is -2.24. The minimum Gasteiger partial charge on any atom is 1.00 e. The van der Waals surface area contributed by atoms with Gasteiger partial charge in [0.15, 0.2) is 0 Å². The molecule has 0 radical (unpaired) electrons. The number of hydrogen-bond donors (Lipinski definition) is 0. The van der Waals surface area contributed by atoms with Crippen LogP contribution in [0.4, 0.5) is 0 Å². The summed E-state index contributed by atoms with van der Waals surface area (Å²) in [5, 5.41) is 0. The van der Waals surface area contributed by atoms with E-state index in [-0.39, 0.29) is 26.3 Å². The van der Waals surface area contributed by atoms with Crippen molar-refractivity contribution in [3.05, 3.63) is 7.43 Å². The Bertz CT molecular complexity index is 15.5. The van der Waals surface area contributed by atoms with E-state index in [1.54, 1.807) is 0 Å². The van der Waals surface area contributed by atoms with Crippen molar-refractivity contribution in [1.29, 1.82) is 0 Å². The maximum absolute atomic E-state index is 5.02. The van der Waals surface area contributed by atoms with Crippen molar-refractivity contribution in [2.75, 3.05) is 0 Å². The zero-order valence-electron chi connectivity index (χ0n) is 3.63. The second kappa shape index (κ2) is 10.8. The van der Waals surface area contributed by atoms with E-state index < -0.39 is 30.7 Å². The van der Waals surface area contributed by atoms with Crippen molar-refractivity contribution in [3.63, 3.8) is 0 Å². The third kappa shape index (κ3) is 28.9. The van der Waals surface area contributed by atoms with Gasteiger partial charge in [0.1, 0.15) is 0 Å². The van der Waals surface area contributed by atoms with Gasteiger partial charge in [-0.25, -0.2) is 0 Å². The van der Waals surface area contributed by atoms with Crippen LogP contribution < -0.4 is 18.9 Å². The average Bonchev–Trinajstić information content (AvgIpc) is 0.811. The molecule has 0 fully saturated rings. The fourth-order valence-corrected chi connectivity index (χ4v) is 0. The smallest absolute Gasteiger partial charge is 1.00 e. The Morgan fingerprint density at radius 3 is 1.00 bits per heavy atom. The quantitative estimate of drug-likeness (QED) is 0.411. The molecule has 5 heteroatoms. The van der Waals surface area contributed by atoms with Crippen LogP contribution in [0.1, 0.15) is 0 Å². The normalized spacial score (nSPS) is 4.50. The molecule has 0 unspecified atom stereocenters. The largest absolute Gasteiger partial charge is 1.00 e. The summed E-state index contributed by atoms with van der Waals surface area (Å²) < 4.78 is 0. The third-order valence-corrected chi connectivity index (χ3v) is 0. The van der Waals surface area contributed by atoms with Gasteiger partial charge < -0.3 is 7.43 Å². The molecular formula is CH3CeCl3Li. The molecule has 0 atom stereocenters. The summed E-state index contributed by atoms with van der Waals surface area (Å²) in [5.41, 5.74) is 15.1. The molecule has 0 aliphatic rings. The topological polar surface area (TPSA) is 0 Å². The first-order chi connectivity index (χ1) is 1.73. The second-order valence-electron chi connectivity index (χ2n) is 0.214. The molecule has 0 rings (SSSR count). The van der Waals surface area contributed by atoms with Crippen molar-refractivity contribution in [3.8, 4) is 0 Å². The molecule has 0 N–H and O–H groups in total. The average molecular weight is 268 g/mol. The van der Waals surface area contributed by atoms with Gasteiger partial charge in [-0.05, 0) is 0 Å². The molecule has 0 aromatic carbocycles. The molecule has 0 aromatic rings. The number of hydrogen-bond acceptors (Lipinski definition) is 0. The van der Waals surface area contributed by atoms with Crippen molar-refractivity contribution >= 4 is 16.9 Å². The predicted molar refractivity (Wildman–Crippen MR) is 24.0 cm³/mol. The van der Waals surface area contributed by atoms with Gasteiger partial charge in [0.05, 0.1) is 0 Å². The Balaban J connectivity index is -0.0000000450. The van der Waals surface area contributed by atoms with Crippen LogP contribution in [0.15, 0.2) is 0 Å². The van der Waals surface area contributed by atoms with Gasteiger partial charge in [-0.3, -0.25) is 0 Å². The Kier molecular flexibility index (Phi) is 28.6. The SMILES string of the molecule is [CH3-].[Cl][Ce]([Cl])[Cl].[Li+]. The molecule has 0 aliphatic carbocycles. The predicted octanol–water partition coefficient (Wildman–Crippen LogP) is -0.477. The van der Waals surface area contributed by atoms with E-state index in [1.165, 1.54) is 0 Å². The molecule has 6 heavy (non-hydrogen) atoms. The molecule has 33 valence electrons. The Morgan fingerprint density at radius 1 is 1.00 bits per heavy atom. The molecule has 0 bridgehead atoms. The molecule has 0 amide bonds. The summed E-state index contributed by atoms with van der Waals surface area (Å²) in [7, 11) is 0. The van der Waals surface area contributed by atoms with Gasteiger partial charge in [0, 0.05) is 0 Å². The summed E-state index contributed by atoms with van der Waals surface area (Å²) in [6.45, 7) is 0. The molecule has 0 saturated carbocycles. The van der Waals surface area contributed by atoms with Crippen LogP contribution in [-0.4, -0.2) is 0 Å². The van der Waals surface area contributed by atoms with Gasteiger partial charge in [-0.1, -0.05) is 0 Å². The number of halogens is 3. The van der Waals surface area contributed by atoms with E-state index >= 15 is 0 Å². The van der Waals surface area contributed by atoms with Gasteiger partial charge in [0.25, 0.3) is 0 Å². The van der Waals surface area contributed by atoms with Crippen LogP contribution in [0.2, 0.25) is 0 Å². The molecule has 0 saturated heterocycles. The third-order valence-electron chi connectivity index (χ3n) is 0. The van der Waals surface area contributed by atoms with Crippen molar-refractivity contribution in [1.82, 2.24) is 0 Å². The fourth-order valence-electron chi connectivity index (χ4n) is 0. The molecule has 0 spiro atoms. The van der Waals surface area contributed by atoms with Gasteiger partial charge in [-0.15, -0.1) is 0 Å². The first-order valence-corrected chi connectivity index (χ1v) is 12.4. The van der Waals surface area contributed by atoms with E-state index in [0.29, 0.717) is 0 Å². The van der Waals surface area contributed by atoms with Crippen LogP contribution in [0.5, 0.6) is 0 Å². The van der Waals surface area contributed by atoms with Crippen LogP contribution in [0.3, 0.4) is 0 Å². The zero-order chi connectivity index (χ0) is 3.58. The van der Waals surface area contributed by atoms with E-state index in [2.05, 4.69) is 0 Å². The molecule has 0 aliphatic heterocycles. The van der Waals surface area contributed by atoms with Crippen LogP contribution >= 0.6 is 16.9 Å². The summed E-state index contributed by atoms with van der Waals surface area (Å²) >= 11 is -2.24. The molecule has 0 nitrogen and oxygen atoms in total. The summed E-state index contributed by atoms with van der Waals surface area (Å²) in [6.07, 6.45) is 0. The summed E-state index contributed by atoms with van der Waals surface area (Å²) in [6, 6.07) is 0. The van der Waals surface area contributed by atoms with Crippen molar-refractivity contribution in [2.24, 2.45) is 0 Å². The monoisotopic (exact) mass is 267 g/mol. The maximum Gasteiger partial charge on any atom is 1.00 e. The van der Waals surface area contributed by atoms with Crippen molar-refractivity contribution < 1.29 is 49.5 Å². The van der Waals surface area contributed by atoms with Crippen LogP contribution in [0.25, 0.3) is 0 Å². The standard InChI is InChI=1S/CH3.Ce.3ClH.Li/h1H3;;3*1H;/q-1;+3;;;;+1/p-3. The van der Waals surface area contributed by atoms with E-state index in [9.17, 15) is 0 Å². The fraction of sp³-hybridized carbons (Fsp3) is 0. The second-order valence-corrected chi connectivity index (χ2v) is 14.0. The Hall–Kier alpha value is 2.84. The van der Waals surface area contributed by atoms with Crippen LogP contribution in [-0.2, 0) is 0 Å². The first kappa shape index (κ1) is 15.9. The summed E-state index contributed by atoms with van der Waals surface area (Å²) in [5.74, 6) is 0. The number of rotatable bonds is 0.